The number of halogens is 1. The molecule has 1 aromatic heterocycles. The van der Waals surface area contributed by atoms with Gasteiger partial charge in [-0.15, -0.1) is 0 Å². The Hall–Kier alpha value is -3.15. The molecule has 0 bridgehead atoms. The summed E-state index contributed by atoms with van der Waals surface area (Å²) >= 11 is 3.48. The van der Waals surface area contributed by atoms with Crippen molar-refractivity contribution in [2.24, 2.45) is 0 Å². The van der Waals surface area contributed by atoms with Gasteiger partial charge >= 0.3 is 0 Å². The maximum Gasteiger partial charge on any atom is 0.251 e. The van der Waals surface area contributed by atoms with E-state index in [0.717, 1.165) is 21.1 Å². The number of hydrogen-bond acceptors (Lipinski definition) is 6. The second-order valence-corrected chi connectivity index (χ2v) is 8.36. The van der Waals surface area contributed by atoms with Crippen molar-refractivity contribution in [1.29, 1.82) is 5.26 Å². The van der Waals surface area contributed by atoms with Gasteiger partial charge in [0.2, 0.25) is 0 Å². The maximum absolute atomic E-state index is 12.9. The number of fused-ring (bicyclic) bond motifs is 1. The van der Waals surface area contributed by atoms with Gasteiger partial charge in [0, 0.05) is 46.1 Å². The van der Waals surface area contributed by atoms with E-state index < -0.39 is 6.10 Å². The lowest BCUT2D eigenvalue weighted by Gasteiger charge is -2.38. The fraction of sp³-hybridized carbons (Fsp3) is 0.261. The number of benzene rings is 2. The molecule has 1 amide bonds. The van der Waals surface area contributed by atoms with Gasteiger partial charge in [-0.1, -0.05) is 22.0 Å². The molecule has 3 aromatic rings. The summed E-state index contributed by atoms with van der Waals surface area (Å²) in [5.74, 6) is -0.192. The summed E-state index contributed by atoms with van der Waals surface area (Å²) in [5, 5.41) is 13.2. The van der Waals surface area contributed by atoms with Gasteiger partial charge in [0.25, 0.3) is 5.91 Å². The lowest BCUT2D eigenvalue weighted by Crippen LogP contribution is -2.52. The van der Waals surface area contributed by atoms with Crippen molar-refractivity contribution in [2.75, 3.05) is 23.7 Å². The van der Waals surface area contributed by atoms with Crippen LogP contribution in [0, 0.1) is 11.3 Å². The highest BCUT2D eigenvalue weighted by atomic mass is 79.9. The molecule has 1 aliphatic heterocycles. The minimum atomic E-state index is -0.630. The van der Waals surface area contributed by atoms with Crippen LogP contribution in [0.15, 0.2) is 53.1 Å². The number of ether oxygens (including phenoxy) is 1. The molecule has 2 heterocycles. The number of carbonyl (C=O) groups is 1. The first-order valence-electron chi connectivity index (χ1n) is 9.96. The van der Waals surface area contributed by atoms with Crippen molar-refractivity contribution < 1.29 is 9.53 Å². The van der Waals surface area contributed by atoms with Crippen LogP contribution in [0.4, 0.5) is 11.4 Å². The van der Waals surface area contributed by atoms with Crippen molar-refractivity contribution >= 4 is 44.1 Å². The number of nitrogens with zero attached hydrogens (tertiary/aromatic N) is 3. The largest absolute Gasteiger partial charge is 0.398 e. The highest BCUT2D eigenvalue weighted by molar-refractivity contribution is 9.10. The number of anilines is 2. The third-order valence-corrected chi connectivity index (χ3v) is 6.10. The van der Waals surface area contributed by atoms with Crippen molar-refractivity contribution in [1.82, 2.24) is 10.3 Å². The molecule has 0 unspecified atom stereocenters. The van der Waals surface area contributed by atoms with Gasteiger partial charge in [0.05, 0.1) is 23.7 Å². The van der Waals surface area contributed by atoms with Gasteiger partial charge in [-0.2, -0.15) is 5.26 Å². The lowest BCUT2D eigenvalue weighted by atomic mass is 10.1. The molecule has 8 heteroatoms. The van der Waals surface area contributed by atoms with Gasteiger partial charge in [-0.05, 0) is 43.3 Å². The maximum atomic E-state index is 12.9. The number of pyridine rings is 1. The van der Waals surface area contributed by atoms with E-state index in [0.29, 0.717) is 36.4 Å². The van der Waals surface area contributed by atoms with Gasteiger partial charge < -0.3 is 20.7 Å². The average molecular weight is 480 g/mol. The van der Waals surface area contributed by atoms with Crippen LogP contribution in [-0.4, -0.2) is 36.2 Å². The van der Waals surface area contributed by atoms with Crippen LogP contribution in [0.2, 0.25) is 0 Å². The Kier molecular flexibility index (Phi) is 6.07. The van der Waals surface area contributed by atoms with Gasteiger partial charge in [0.15, 0.2) is 6.10 Å². The second-order valence-electron chi connectivity index (χ2n) is 7.51. The first-order chi connectivity index (χ1) is 15.0. The summed E-state index contributed by atoms with van der Waals surface area (Å²) in [6.07, 6.45) is 0.911. The summed E-state index contributed by atoms with van der Waals surface area (Å²) in [4.78, 5) is 19.4. The summed E-state index contributed by atoms with van der Waals surface area (Å²) in [6.45, 7) is 3.29. The molecule has 0 aliphatic carbocycles. The van der Waals surface area contributed by atoms with E-state index in [1.807, 2.05) is 37.3 Å². The molecule has 158 valence electrons. The fourth-order valence-electron chi connectivity index (χ4n) is 3.87. The van der Waals surface area contributed by atoms with Crippen LogP contribution in [0.25, 0.3) is 10.9 Å². The minimum Gasteiger partial charge on any atom is -0.398 e. The van der Waals surface area contributed by atoms with Crippen molar-refractivity contribution in [2.45, 2.75) is 25.7 Å². The van der Waals surface area contributed by atoms with Gasteiger partial charge in [-0.3, -0.25) is 9.78 Å². The molecule has 0 spiro atoms. The first-order valence-corrected chi connectivity index (χ1v) is 10.8. The van der Waals surface area contributed by atoms with Crippen LogP contribution in [0.5, 0.6) is 0 Å². The van der Waals surface area contributed by atoms with Crippen molar-refractivity contribution in [3.05, 3.63) is 64.3 Å². The Bertz CT molecular complexity index is 1160. The van der Waals surface area contributed by atoms with Crippen LogP contribution in [0.3, 0.4) is 0 Å². The topological polar surface area (TPSA) is 104 Å². The Morgan fingerprint density at radius 3 is 2.94 bits per heavy atom. The Balaban J connectivity index is 1.54. The van der Waals surface area contributed by atoms with E-state index in [1.165, 1.54) is 0 Å². The van der Waals surface area contributed by atoms with E-state index in [-0.39, 0.29) is 12.0 Å². The molecular weight excluding hydrogens is 458 g/mol. The number of carbonyl (C=O) groups excluding carboxylic acids is 1. The summed E-state index contributed by atoms with van der Waals surface area (Å²) < 4.78 is 6.79. The zero-order chi connectivity index (χ0) is 22.0. The molecule has 1 aliphatic rings. The summed E-state index contributed by atoms with van der Waals surface area (Å²) in [7, 11) is 0. The van der Waals surface area contributed by atoms with E-state index in [1.54, 1.807) is 18.3 Å². The number of nitrogen functional groups attached to an aromatic ring is 1. The van der Waals surface area contributed by atoms with Gasteiger partial charge in [-0.25, -0.2) is 0 Å². The highest BCUT2D eigenvalue weighted by Gasteiger charge is 2.31. The number of morpholine rings is 1. The number of nitrogens with two attached hydrogens (primary N) is 1. The number of amides is 1. The quantitative estimate of drug-likeness (QED) is 0.555. The molecule has 3 N–H and O–H groups in total. The third kappa shape index (κ3) is 4.33. The SMILES string of the molecule is C[C@@H]1CN(c2ccc(C#N)c3ncccc23)C[C@H](C(=O)NCc2c(N)cccc2Br)O1. The van der Waals surface area contributed by atoms with E-state index in [2.05, 4.69) is 37.2 Å². The molecule has 1 fully saturated rings. The van der Waals surface area contributed by atoms with Crippen molar-refractivity contribution in [3.63, 3.8) is 0 Å². The molecule has 31 heavy (non-hydrogen) atoms. The standard InChI is InChI=1S/C23H22BrN5O2/c1-14-12-29(20-8-7-15(10-25)22-16(20)4-3-9-27-22)13-21(31-14)23(30)28-11-17-18(24)5-2-6-19(17)26/h2-9,14,21H,11-13,26H2,1H3,(H,28,30)/t14-,21-/m1/s1. The number of aromatic nitrogens is 1. The normalized spacial score (nSPS) is 18.5. The smallest absolute Gasteiger partial charge is 0.251 e. The third-order valence-electron chi connectivity index (χ3n) is 5.35. The number of hydrogen-bond donors (Lipinski definition) is 2. The van der Waals surface area contributed by atoms with Crippen LogP contribution in [-0.2, 0) is 16.1 Å². The number of nitriles is 1. The molecular formula is C23H22BrN5O2. The van der Waals surface area contributed by atoms with E-state index in [4.69, 9.17) is 10.5 Å². The van der Waals surface area contributed by atoms with Crippen molar-refractivity contribution in [3.8, 4) is 6.07 Å². The lowest BCUT2D eigenvalue weighted by molar-refractivity contribution is -0.137. The Morgan fingerprint density at radius 2 is 2.16 bits per heavy atom. The monoisotopic (exact) mass is 479 g/mol. The Labute approximate surface area is 188 Å². The first kappa shape index (κ1) is 21.1. The minimum absolute atomic E-state index is 0.139. The molecule has 4 rings (SSSR count). The number of nitrogens with one attached hydrogen (secondary N) is 1. The molecule has 7 nitrogen and oxygen atoms in total. The van der Waals surface area contributed by atoms with Gasteiger partial charge in [0.1, 0.15) is 6.07 Å². The van der Waals surface area contributed by atoms with Crippen LogP contribution >= 0.6 is 15.9 Å². The number of rotatable bonds is 4. The van der Waals surface area contributed by atoms with E-state index >= 15 is 0 Å². The highest BCUT2D eigenvalue weighted by Crippen LogP contribution is 2.30. The molecule has 2 atom stereocenters. The zero-order valence-electron chi connectivity index (χ0n) is 17.0. The molecule has 2 aromatic carbocycles. The summed E-state index contributed by atoms with van der Waals surface area (Å²) in [5.41, 5.74) is 9.61. The summed E-state index contributed by atoms with van der Waals surface area (Å²) in [6, 6.07) is 15.2. The molecule has 0 radical (unpaired) electrons. The predicted molar refractivity (Wildman–Crippen MR) is 123 cm³/mol. The average Bonchev–Trinajstić information content (AvgIpc) is 2.77. The van der Waals surface area contributed by atoms with Crippen LogP contribution in [0.1, 0.15) is 18.1 Å². The predicted octanol–water partition coefficient (Wildman–Crippen LogP) is 3.36. The van der Waals surface area contributed by atoms with Crippen LogP contribution < -0.4 is 16.0 Å². The molecule has 0 saturated carbocycles. The second kappa shape index (κ2) is 8.92. The zero-order valence-corrected chi connectivity index (χ0v) is 18.6. The molecule has 1 saturated heterocycles. The van der Waals surface area contributed by atoms with E-state index in [9.17, 15) is 10.1 Å². The fourth-order valence-corrected chi connectivity index (χ4v) is 4.39. The Morgan fingerprint density at radius 1 is 1.32 bits per heavy atom.